The highest BCUT2D eigenvalue weighted by atomic mass is 16.5. The molecule has 0 saturated heterocycles. The lowest BCUT2D eigenvalue weighted by atomic mass is 10.0. The topological polar surface area (TPSA) is 126 Å². The number of amides is 3. The zero-order valence-electron chi connectivity index (χ0n) is 23.5. The van der Waals surface area contributed by atoms with Crippen molar-refractivity contribution >= 4 is 51.7 Å². The van der Waals surface area contributed by atoms with Crippen molar-refractivity contribution in [2.45, 2.75) is 20.0 Å². The van der Waals surface area contributed by atoms with Crippen molar-refractivity contribution < 1.29 is 23.9 Å². The lowest BCUT2D eigenvalue weighted by Gasteiger charge is -2.16. The van der Waals surface area contributed by atoms with Gasteiger partial charge in [-0.15, -0.1) is 0 Å². The van der Waals surface area contributed by atoms with Crippen molar-refractivity contribution in [2.24, 2.45) is 0 Å². The van der Waals surface area contributed by atoms with Gasteiger partial charge in [0.05, 0.1) is 28.0 Å². The van der Waals surface area contributed by atoms with E-state index in [2.05, 4.69) is 16.0 Å². The van der Waals surface area contributed by atoms with Gasteiger partial charge in [-0.1, -0.05) is 60.7 Å². The Bertz CT molecular complexity index is 1820. The number of pyridine rings is 1. The molecule has 1 unspecified atom stereocenters. The average Bonchev–Trinajstić information content (AvgIpc) is 3.01. The van der Waals surface area contributed by atoms with Crippen LogP contribution in [0.4, 0.5) is 17.1 Å². The van der Waals surface area contributed by atoms with E-state index in [9.17, 15) is 19.2 Å². The van der Waals surface area contributed by atoms with Crippen LogP contribution in [0, 0.1) is 0 Å². The molecule has 9 heteroatoms. The van der Waals surface area contributed by atoms with E-state index in [1.807, 2.05) is 54.6 Å². The summed E-state index contributed by atoms with van der Waals surface area (Å²) in [5.41, 5.74) is 3.94. The second kappa shape index (κ2) is 12.8. The second-order valence-corrected chi connectivity index (χ2v) is 9.73. The molecular formula is C34H28N4O5. The Balaban J connectivity index is 1.32. The molecule has 43 heavy (non-hydrogen) atoms. The van der Waals surface area contributed by atoms with Gasteiger partial charge in [0.15, 0.2) is 6.10 Å². The molecule has 0 bridgehead atoms. The van der Waals surface area contributed by atoms with Gasteiger partial charge in [0.25, 0.3) is 11.8 Å². The fourth-order valence-electron chi connectivity index (χ4n) is 4.44. The number of nitrogens with one attached hydrogen (secondary N) is 3. The first kappa shape index (κ1) is 28.7. The third kappa shape index (κ3) is 6.91. The third-order valence-corrected chi connectivity index (χ3v) is 6.55. The second-order valence-electron chi connectivity index (χ2n) is 9.73. The van der Waals surface area contributed by atoms with Crippen molar-refractivity contribution in [1.29, 1.82) is 0 Å². The lowest BCUT2D eigenvalue weighted by molar-refractivity contribution is -0.123. The molecule has 0 radical (unpaired) electrons. The third-order valence-electron chi connectivity index (χ3n) is 6.55. The smallest absolute Gasteiger partial charge is 0.341 e. The predicted molar refractivity (Wildman–Crippen MR) is 166 cm³/mol. The Morgan fingerprint density at radius 2 is 1.33 bits per heavy atom. The molecule has 1 aromatic heterocycles. The molecule has 4 aromatic carbocycles. The Morgan fingerprint density at radius 1 is 0.698 bits per heavy atom. The summed E-state index contributed by atoms with van der Waals surface area (Å²) in [7, 11) is 0. The number of hydrogen-bond acceptors (Lipinski definition) is 6. The number of nitrogens with zero attached hydrogens (tertiary/aromatic N) is 1. The number of fused-ring (bicyclic) bond motifs is 1. The monoisotopic (exact) mass is 572 g/mol. The maximum Gasteiger partial charge on any atom is 0.341 e. The quantitative estimate of drug-likeness (QED) is 0.187. The SMILES string of the molecule is CC(=O)Nc1ccc(NC(=O)C(C)OC(=O)c2ccccc2NC(=O)c2cc(-c3ccccc3)nc3ccccc23)cc1. The van der Waals surface area contributed by atoms with Crippen molar-refractivity contribution in [2.75, 3.05) is 16.0 Å². The molecule has 5 rings (SSSR count). The summed E-state index contributed by atoms with van der Waals surface area (Å²) in [6.45, 7) is 2.85. The first-order valence-electron chi connectivity index (χ1n) is 13.5. The van der Waals surface area contributed by atoms with Crippen LogP contribution in [0.25, 0.3) is 22.2 Å². The Kier molecular flexibility index (Phi) is 8.53. The van der Waals surface area contributed by atoms with Crippen LogP contribution in [0.5, 0.6) is 0 Å². The number of aromatic nitrogens is 1. The Labute approximate surface area is 247 Å². The normalized spacial score (nSPS) is 11.3. The number of para-hydroxylation sites is 2. The fraction of sp³-hybridized carbons (Fsp3) is 0.0882. The van der Waals surface area contributed by atoms with Crippen molar-refractivity contribution in [3.63, 3.8) is 0 Å². The van der Waals surface area contributed by atoms with E-state index in [0.717, 1.165) is 5.56 Å². The first-order chi connectivity index (χ1) is 20.8. The van der Waals surface area contributed by atoms with Gasteiger partial charge in [-0.2, -0.15) is 0 Å². The molecule has 0 fully saturated rings. The summed E-state index contributed by atoms with van der Waals surface area (Å²) in [6.07, 6.45) is -1.14. The largest absolute Gasteiger partial charge is 0.449 e. The maximum absolute atomic E-state index is 13.6. The molecule has 1 atom stereocenters. The van der Waals surface area contributed by atoms with Crippen LogP contribution in [0.1, 0.15) is 34.6 Å². The molecule has 0 saturated carbocycles. The number of esters is 1. The highest BCUT2D eigenvalue weighted by Gasteiger charge is 2.22. The summed E-state index contributed by atoms with van der Waals surface area (Å²) in [5, 5.41) is 8.83. The summed E-state index contributed by atoms with van der Waals surface area (Å²) < 4.78 is 5.45. The zero-order valence-corrected chi connectivity index (χ0v) is 23.5. The number of rotatable bonds is 8. The van der Waals surface area contributed by atoms with E-state index in [4.69, 9.17) is 9.72 Å². The molecule has 5 aromatic rings. The van der Waals surface area contributed by atoms with Gasteiger partial charge in [0.2, 0.25) is 5.91 Å². The van der Waals surface area contributed by atoms with Crippen LogP contribution in [0.2, 0.25) is 0 Å². The van der Waals surface area contributed by atoms with Gasteiger partial charge in [-0.25, -0.2) is 9.78 Å². The summed E-state index contributed by atoms with van der Waals surface area (Å²) in [6, 6.07) is 31.6. The maximum atomic E-state index is 13.6. The number of anilines is 3. The standard InChI is InChI=1S/C34H28N4O5/c1-21(32(40)36-25-18-16-24(17-19-25)35-22(2)39)43-34(42)27-13-7-9-15-30(27)38-33(41)28-20-31(23-10-4-3-5-11-23)37-29-14-8-6-12-26(28)29/h3-21H,1-2H3,(H,35,39)(H,36,40)(H,38,41). The van der Waals surface area contributed by atoms with Crippen molar-refractivity contribution in [3.05, 3.63) is 120 Å². The van der Waals surface area contributed by atoms with Gasteiger partial charge < -0.3 is 20.7 Å². The molecule has 3 N–H and O–H groups in total. The van der Waals surface area contributed by atoms with Gasteiger partial charge in [-0.05, 0) is 55.5 Å². The van der Waals surface area contributed by atoms with E-state index in [1.54, 1.807) is 48.5 Å². The van der Waals surface area contributed by atoms with E-state index >= 15 is 0 Å². The van der Waals surface area contributed by atoms with Crippen LogP contribution in [0.3, 0.4) is 0 Å². The Morgan fingerprint density at radius 3 is 2.05 bits per heavy atom. The van der Waals surface area contributed by atoms with Crippen LogP contribution in [-0.4, -0.2) is 34.8 Å². The zero-order chi connectivity index (χ0) is 30.3. The number of carbonyl (C=O) groups excluding carboxylic acids is 4. The number of ether oxygens (including phenoxy) is 1. The van der Waals surface area contributed by atoms with Gasteiger partial charge in [0, 0.05) is 29.2 Å². The van der Waals surface area contributed by atoms with Crippen LogP contribution in [0.15, 0.2) is 109 Å². The minimum Gasteiger partial charge on any atom is -0.449 e. The molecular weight excluding hydrogens is 544 g/mol. The Hall–Kier alpha value is -5.83. The van der Waals surface area contributed by atoms with E-state index in [1.165, 1.54) is 19.9 Å². The summed E-state index contributed by atoms with van der Waals surface area (Å²) in [5.74, 6) is -1.95. The molecule has 0 spiro atoms. The highest BCUT2D eigenvalue weighted by molar-refractivity contribution is 6.14. The molecule has 3 amide bonds. The summed E-state index contributed by atoms with van der Waals surface area (Å²) in [4.78, 5) is 55.4. The molecule has 214 valence electrons. The average molecular weight is 573 g/mol. The highest BCUT2D eigenvalue weighted by Crippen LogP contribution is 2.26. The lowest BCUT2D eigenvalue weighted by Crippen LogP contribution is -2.30. The van der Waals surface area contributed by atoms with Crippen molar-refractivity contribution in [1.82, 2.24) is 4.98 Å². The van der Waals surface area contributed by atoms with Gasteiger partial charge in [0.1, 0.15) is 0 Å². The molecule has 9 nitrogen and oxygen atoms in total. The predicted octanol–water partition coefficient (Wildman–Crippen LogP) is 6.30. The molecule has 0 aliphatic heterocycles. The summed E-state index contributed by atoms with van der Waals surface area (Å²) >= 11 is 0. The number of hydrogen-bond donors (Lipinski definition) is 3. The van der Waals surface area contributed by atoms with E-state index < -0.39 is 23.9 Å². The molecule has 0 aliphatic carbocycles. The van der Waals surface area contributed by atoms with Gasteiger partial charge >= 0.3 is 5.97 Å². The van der Waals surface area contributed by atoms with E-state index in [-0.39, 0.29) is 17.2 Å². The molecule has 0 aliphatic rings. The molecule has 1 heterocycles. The fourth-order valence-corrected chi connectivity index (χ4v) is 4.44. The van der Waals surface area contributed by atoms with Crippen LogP contribution in [-0.2, 0) is 14.3 Å². The van der Waals surface area contributed by atoms with Gasteiger partial charge in [-0.3, -0.25) is 14.4 Å². The van der Waals surface area contributed by atoms with Crippen LogP contribution < -0.4 is 16.0 Å². The van der Waals surface area contributed by atoms with E-state index in [0.29, 0.717) is 33.5 Å². The van der Waals surface area contributed by atoms with Crippen molar-refractivity contribution in [3.8, 4) is 11.3 Å². The minimum atomic E-state index is -1.14. The van der Waals surface area contributed by atoms with Crippen LogP contribution >= 0.6 is 0 Å². The minimum absolute atomic E-state index is 0.0943. The number of carbonyl (C=O) groups is 4. The number of benzene rings is 4. The first-order valence-corrected chi connectivity index (χ1v) is 13.5.